The molecule has 2 aromatic rings. The molecule has 1 aromatic carbocycles. The summed E-state index contributed by atoms with van der Waals surface area (Å²) in [6.07, 6.45) is 1.46. The van der Waals surface area contributed by atoms with Crippen LogP contribution in [0.1, 0.15) is 56.6 Å². The molecule has 2 rings (SSSR count). The van der Waals surface area contributed by atoms with E-state index in [1.54, 1.807) is 36.1 Å². The van der Waals surface area contributed by atoms with Gasteiger partial charge in [0.2, 0.25) is 5.91 Å². The minimum Gasteiger partial charge on any atom is -0.494 e. The number of amides is 2. The van der Waals surface area contributed by atoms with Crippen molar-refractivity contribution in [3.05, 3.63) is 35.5 Å². The normalized spacial score (nSPS) is 11.4. The first kappa shape index (κ1) is 24.8. The molecule has 1 heterocycles. The fourth-order valence-corrected chi connectivity index (χ4v) is 3.19. The fourth-order valence-electron chi connectivity index (χ4n) is 3.19. The molecule has 0 aliphatic rings. The van der Waals surface area contributed by atoms with Gasteiger partial charge in [-0.3, -0.25) is 14.5 Å². The first-order valence-corrected chi connectivity index (χ1v) is 10.7. The van der Waals surface area contributed by atoms with E-state index in [2.05, 4.69) is 20.8 Å². The Kier molecular flexibility index (Phi) is 8.69. The molecule has 0 aliphatic heterocycles. The number of nitrogens with zero attached hydrogens (tertiary/aromatic N) is 3. The van der Waals surface area contributed by atoms with Gasteiger partial charge in [-0.15, -0.1) is 10.2 Å². The first-order valence-electron chi connectivity index (χ1n) is 10.7. The van der Waals surface area contributed by atoms with Crippen LogP contribution in [0.25, 0.3) is 0 Å². The molecule has 0 spiro atoms. The molecule has 0 radical (unpaired) electrons. The SMILES string of the molecule is CCCN(C(=O)C(C)CC)c1cc(Nc2cccc(C(C)=N)c2OC)c(C(=O)NC)nn1. The van der Waals surface area contributed by atoms with Crippen molar-refractivity contribution in [3.8, 4) is 5.75 Å². The highest BCUT2D eigenvalue weighted by Crippen LogP contribution is 2.33. The van der Waals surface area contributed by atoms with E-state index in [4.69, 9.17) is 10.1 Å². The van der Waals surface area contributed by atoms with E-state index in [-0.39, 0.29) is 17.5 Å². The third-order valence-corrected chi connectivity index (χ3v) is 5.14. The maximum absolute atomic E-state index is 12.9. The second-order valence-electron chi connectivity index (χ2n) is 7.48. The Morgan fingerprint density at radius 3 is 2.50 bits per heavy atom. The molecule has 1 atom stereocenters. The van der Waals surface area contributed by atoms with Crippen LogP contribution in [0.4, 0.5) is 17.2 Å². The molecule has 9 heteroatoms. The summed E-state index contributed by atoms with van der Waals surface area (Å²) in [6, 6.07) is 7.02. The highest BCUT2D eigenvalue weighted by atomic mass is 16.5. The summed E-state index contributed by atoms with van der Waals surface area (Å²) in [7, 11) is 3.04. The van der Waals surface area contributed by atoms with Crippen LogP contribution in [-0.4, -0.2) is 48.4 Å². The van der Waals surface area contributed by atoms with Crippen molar-refractivity contribution in [2.24, 2.45) is 5.92 Å². The quantitative estimate of drug-likeness (QED) is 0.484. The van der Waals surface area contributed by atoms with Crippen molar-refractivity contribution in [2.45, 2.75) is 40.5 Å². The van der Waals surface area contributed by atoms with Crippen LogP contribution in [0.3, 0.4) is 0 Å². The van der Waals surface area contributed by atoms with Crippen LogP contribution >= 0.6 is 0 Å². The van der Waals surface area contributed by atoms with Gasteiger partial charge in [0, 0.05) is 36.9 Å². The Bertz CT molecular complexity index is 992. The van der Waals surface area contributed by atoms with E-state index >= 15 is 0 Å². The number of ether oxygens (including phenoxy) is 1. The lowest BCUT2D eigenvalue weighted by Crippen LogP contribution is -2.36. The summed E-state index contributed by atoms with van der Waals surface area (Å²) in [6.45, 7) is 7.99. The Hall–Kier alpha value is -3.49. The molecular weight excluding hydrogens is 408 g/mol. The summed E-state index contributed by atoms with van der Waals surface area (Å²) in [5.74, 6) is 0.222. The van der Waals surface area contributed by atoms with Gasteiger partial charge in [0.25, 0.3) is 5.91 Å². The number of benzene rings is 1. The number of aromatic nitrogens is 2. The zero-order valence-electron chi connectivity index (χ0n) is 19.6. The van der Waals surface area contributed by atoms with E-state index in [9.17, 15) is 9.59 Å². The predicted octanol–water partition coefficient (Wildman–Crippen LogP) is 3.77. The second kappa shape index (κ2) is 11.2. The molecule has 0 fully saturated rings. The Labute approximate surface area is 189 Å². The van der Waals surface area contributed by atoms with Crippen LogP contribution in [-0.2, 0) is 4.79 Å². The third kappa shape index (κ3) is 5.40. The van der Waals surface area contributed by atoms with Gasteiger partial charge in [0.15, 0.2) is 17.3 Å². The largest absolute Gasteiger partial charge is 0.494 e. The first-order chi connectivity index (χ1) is 15.3. The number of rotatable bonds is 10. The number of para-hydroxylation sites is 1. The Balaban J connectivity index is 2.60. The summed E-state index contributed by atoms with van der Waals surface area (Å²) < 4.78 is 5.53. The van der Waals surface area contributed by atoms with Gasteiger partial charge in [0.05, 0.1) is 18.5 Å². The molecular formula is C23H32N6O3. The molecule has 3 N–H and O–H groups in total. The lowest BCUT2D eigenvalue weighted by Gasteiger charge is -2.24. The van der Waals surface area contributed by atoms with Gasteiger partial charge in [0.1, 0.15) is 0 Å². The standard InChI is InChI=1S/C23H32N6O3/c1-7-12-29(23(31)14(3)8-2)19-13-18(20(28-27-19)22(30)25-5)26-17-11-9-10-16(15(4)24)21(17)32-6/h9-11,13-14,24H,7-8,12H2,1-6H3,(H,25,30)(H,26,27). The van der Waals surface area contributed by atoms with E-state index in [0.29, 0.717) is 47.2 Å². The van der Waals surface area contributed by atoms with Crippen molar-refractivity contribution < 1.29 is 14.3 Å². The average Bonchev–Trinajstić information content (AvgIpc) is 2.80. The van der Waals surface area contributed by atoms with E-state index in [1.165, 1.54) is 14.2 Å². The molecule has 0 saturated carbocycles. The summed E-state index contributed by atoms with van der Waals surface area (Å²) in [4.78, 5) is 27.0. The Morgan fingerprint density at radius 2 is 1.94 bits per heavy atom. The van der Waals surface area contributed by atoms with Gasteiger partial charge in [-0.05, 0) is 31.9 Å². The second-order valence-corrected chi connectivity index (χ2v) is 7.48. The predicted molar refractivity (Wildman–Crippen MR) is 126 cm³/mol. The number of hydrogen-bond acceptors (Lipinski definition) is 7. The van der Waals surface area contributed by atoms with Gasteiger partial charge in [-0.1, -0.05) is 26.8 Å². The van der Waals surface area contributed by atoms with Gasteiger partial charge in [-0.2, -0.15) is 0 Å². The summed E-state index contributed by atoms with van der Waals surface area (Å²) >= 11 is 0. The van der Waals surface area contributed by atoms with Gasteiger partial charge >= 0.3 is 0 Å². The monoisotopic (exact) mass is 440 g/mol. The topological polar surface area (TPSA) is 120 Å². The van der Waals surface area contributed by atoms with Crippen LogP contribution in [0.2, 0.25) is 0 Å². The third-order valence-electron chi connectivity index (χ3n) is 5.14. The average molecular weight is 441 g/mol. The number of anilines is 3. The van der Waals surface area contributed by atoms with E-state index in [0.717, 1.165) is 6.42 Å². The Morgan fingerprint density at radius 1 is 1.22 bits per heavy atom. The van der Waals surface area contributed by atoms with Crippen molar-refractivity contribution in [3.63, 3.8) is 0 Å². The lowest BCUT2D eigenvalue weighted by atomic mass is 10.1. The van der Waals surface area contributed by atoms with Crippen LogP contribution in [0.5, 0.6) is 5.75 Å². The van der Waals surface area contributed by atoms with Gasteiger partial charge in [-0.25, -0.2) is 0 Å². The molecule has 0 bridgehead atoms. The molecule has 0 saturated heterocycles. The molecule has 1 unspecified atom stereocenters. The van der Waals surface area contributed by atoms with Crippen molar-refractivity contribution >= 4 is 34.7 Å². The van der Waals surface area contributed by atoms with Crippen LogP contribution < -0.4 is 20.3 Å². The fraction of sp³-hybridized carbons (Fsp3) is 0.435. The smallest absolute Gasteiger partial charge is 0.273 e. The van der Waals surface area contributed by atoms with E-state index in [1.807, 2.05) is 20.8 Å². The number of methoxy groups -OCH3 is 1. The summed E-state index contributed by atoms with van der Waals surface area (Å²) in [5, 5.41) is 22.1. The van der Waals surface area contributed by atoms with Crippen molar-refractivity contribution in [2.75, 3.05) is 30.9 Å². The minimum atomic E-state index is -0.416. The molecule has 1 aromatic heterocycles. The zero-order valence-corrected chi connectivity index (χ0v) is 19.6. The molecule has 0 aliphatic carbocycles. The molecule has 32 heavy (non-hydrogen) atoms. The maximum Gasteiger partial charge on any atom is 0.273 e. The van der Waals surface area contributed by atoms with Gasteiger partial charge < -0.3 is 20.8 Å². The number of nitrogens with one attached hydrogen (secondary N) is 3. The number of carbonyl (C=O) groups is 2. The van der Waals surface area contributed by atoms with Crippen LogP contribution in [0, 0.1) is 11.3 Å². The molecule has 2 amide bonds. The highest BCUT2D eigenvalue weighted by molar-refractivity contribution is 6.02. The maximum atomic E-state index is 12.9. The molecule has 172 valence electrons. The number of carbonyl (C=O) groups excluding carboxylic acids is 2. The van der Waals surface area contributed by atoms with Crippen molar-refractivity contribution in [1.29, 1.82) is 5.41 Å². The van der Waals surface area contributed by atoms with Crippen molar-refractivity contribution in [1.82, 2.24) is 15.5 Å². The summed E-state index contributed by atoms with van der Waals surface area (Å²) in [5.41, 5.74) is 2.00. The van der Waals surface area contributed by atoms with Crippen LogP contribution in [0.15, 0.2) is 24.3 Å². The molecule has 9 nitrogen and oxygen atoms in total. The zero-order chi connectivity index (χ0) is 23.8. The lowest BCUT2D eigenvalue weighted by molar-refractivity contribution is -0.122. The highest BCUT2D eigenvalue weighted by Gasteiger charge is 2.24. The minimum absolute atomic E-state index is 0.0405. The van der Waals surface area contributed by atoms with E-state index < -0.39 is 5.91 Å². The number of hydrogen-bond donors (Lipinski definition) is 3.